The van der Waals surface area contributed by atoms with Gasteiger partial charge in [-0.2, -0.15) is 0 Å². The van der Waals surface area contributed by atoms with Crippen LogP contribution in [0.4, 0.5) is 0 Å². The van der Waals surface area contributed by atoms with Crippen molar-refractivity contribution in [3.8, 4) is 56.3 Å². The quantitative estimate of drug-likeness (QED) is 0.167. The van der Waals surface area contributed by atoms with Crippen LogP contribution in [0.3, 0.4) is 0 Å². The van der Waals surface area contributed by atoms with Crippen molar-refractivity contribution in [2.24, 2.45) is 0 Å². The van der Waals surface area contributed by atoms with E-state index < -0.39 is 0 Å². The van der Waals surface area contributed by atoms with E-state index in [1.807, 2.05) is 11.3 Å². The van der Waals surface area contributed by atoms with Gasteiger partial charge < -0.3 is 4.57 Å². The normalized spacial score (nSPS) is 11.9. The standard InChI is InChI=1S/C62H38N4S/c1-2-15-39(16-3-1)60-52-24-4-8-27-54(52)63-62(64-60)66-57-34-32-45(65-55-28-9-5-21-47(55)48-22-6-10-29-56(48)65)38-53(57)51-26-14-25-46(61(51)66)44-20-13-19-42(36-44)40-17-12-18-41(35-40)43-31-33-50-49-23-7-11-30-58(49)67-59(50)37-43/h1-38H. The van der Waals surface area contributed by atoms with Gasteiger partial charge in [0.25, 0.3) is 0 Å². The Morgan fingerprint density at radius 3 is 1.66 bits per heavy atom. The van der Waals surface area contributed by atoms with Gasteiger partial charge >= 0.3 is 0 Å². The summed E-state index contributed by atoms with van der Waals surface area (Å²) in [6.07, 6.45) is 0. The summed E-state index contributed by atoms with van der Waals surface area (Å²) in [5, 5.41) is 8.40. The number of aromatic nitrogens is 4. The average molecular weight is 871 g/mol. The topological polar surface area (TPSA) is 35.6 Å². The van der Waals surface area contributed by atoms with Gasteiger partial charge in [0, 0.05) is 63.9 Å². The summed E-state index contributed by atoms with van der Waals surface area (Å²) in [7, 11) is 0. The highest BCUT2D eigenvalue weighted by atomic mass is 32.1. The molecule has 0 aliphatic carbocycles. The van der Waals surface area contributed by atoms with Gasteiger partial charge in [-0.05, 0) is 88.5 Å². The van der Waals surface area contributed by atoms with Crippen molar-refractivity contribution in [2.45, 2.75) is 0 Å². The molecule has 4 aromatic heterocycles. The molecule has 0 saturated carbocycles. The summed E-state index contributed by atoms with van der Waals surface area (Å²) in [6, 6.07) is 83.4. The Bertz CT molecular complexity index is 4230. The number of thiophene rings is 1. The van der Waals surface area contributed by atoms with E-state index in [9.17, 15) is 0 Å². The molecular weight excluding hydrogens is 833 g/mol. The van der Waals surface area contributed by atoms with Crippen LogP contribution in [0.25, 0.3) is 131 Å². The zero-order valence-electron chi connectivity index (χ0n) is 36.1. The summed E-state index contributed by atoms with van der Waals surface area (Å²) in [5.41, 5.74) is 15.4. The Kier molecular flexibility index (Phi) is 8.42. The summed E-state index contributed by atoms with van der Waals surface area (Å²) in [6.45, 7) is 0. The number of benzene rings is 10. The fourth-order valence-corrected chi connectivity index (χ4v) is 11.6. The second-order valence-corrected chi connectivity index (χ2v) is 18.4. The molecule has 0 spiro atoms. The summed E-state index contributed by atoms with van der Waals surface area (Å²) in [5.74, 6) is 0.633. The first-order valence-electron chi connectivity index (χ1n) is 22.7. The third-order valence-corrected chi connectivity index (χ3v) is 14.7. The van der Waals surface area contributed by atoms with Gasteiger partial charge in [-0.15, -0.1) is 11.3 Å². The van der Waals surface area contributed by atoms with E-state index in [1.54, 1.807) is 0 Å². The molecule has 0 aliphatic heterocycles. The lowest BCUT2D eigenvalue weighted by Gasteiger charge is -2.14. The minimum Gasteiger partial charge on any atom is -0.309 e. The molecule has 14 aromatic rings. The van der Waals surface area contributed by atoms with Crippen molar-refractivity contribution in [3.63, 3.8) is 0 Å². The van der Waals surface area contributed by atoms with Gasteiger partial charge in [0.15, 0.2) is 0 Å². The van der Waals surface area contributed by atoms with Crippen LogP contribution < -0.4 is 0 Å². The highest BCUT2D eigenvalue weighted by Gasteiger charge is 2.22. The molecule has 67 heavy (non-hydrogen) atoms. The molecule has 312 valence electrons. The lowest BCUT2D eigenvalue weighted by Crippen LogP contribution is -2.04. The SMILES string of the molecule is c1ccc(-c2nc(-n3c4ccc(-n5c6ccccc6c6ccccc65)cc4c4cccc(-c5cccc(-c6cccc(-c7ccc8c(c7)sc7ccccc78)c6)c5)c43)nc3ccccc23)cc1. The molecule has 0 amide bonds. The van der Waals surface area contributed by atoms with Crippen molar-refractivity contribution in [2.75, 3.05) is 0 Å². The molecule has 0 radical (unpaired) electrons. The number of hydrogen-bond acceptors (Lipinski definition) is 3. The van der Waals surface area contributed by atoms with Crippen molar-refractivity contribution >= 4 is 86.0 Å². The molecule has 4 nitrogen and oxygen atoms in total. The Labute approximate surface area is 389 Å². The minimum absolute atomic E-state index is 0.633. The van der Waals surface area contributed by atoms with Gasteiger partial charge in [0.2, 0.25) is 5.95 Å². The van der Waals surface area contributed by atoms with E-state index in [1.165, 1.54) is 58.7 Å². The maximum atomic E-state index is 5.48. The fourth-order valence-electron chi connectivity index (χ4n) is 10.5. The fraction of sp³-hybridized carbons (Fsp3) is 0. The molecule has 10 aromatic carbocycles. The molecule has 5 heteroatoms. The zero-order chi connectivity index (χ0) is 44.0. The smallest absolute Gasteiger partial charge is 0.235 e. The second-order valence-electron chi connectivity index (χ2n) is 17.3. The maximum absolute atomic E-state index is 5.48. The van der Waals surface area contributed by atoms with Gasteiger partial charge in [0.1, 0.15) is 0 Å². The van der Waals surface area contributed by atoms with Crippen LogP contribution in [0.1, 0.15) is 0 Å². The van der Waals surface area contributed by atoms with Crippen LogP contribution in [-0.2, 0) is 0 Å². The van der Waals surface area contributed by atoms with Gasteiger partial charge in [-0.1, -0.05) is 170 Å². The molecule has 0 fully saturated rings. The van der Waals surface area contributed by atoms with E-state index in [0.29, 0.717) is 5.95 Å². The van der Waals surface area contributed by atoms with E-state index in [0.717, 1.165) is 66.3 Å². The Morgan fingerprint density at radius 2 is 0.881 bits per heavy atom. The van der Waals surface area contributed by atoms with E-state index in [-0.39, 0.29) is 0 Å². The second kappa shape index (κ2) is 15.0. The minimum atomic E-state index is 0.633. The number of para-hydroxylation sites is 4. The zero-order valence-corrected chi connectivity index (χ0v) is 37.0. The number of nitrogens with zero attached hydrogens (tertiary/aromatic N) is 4. The highest BCUT2D eigenvalue weighted by molar-refractivity contribution is 7.25. The predicted molar refractivity (Wildman–Crippen MR) is 283 cm³/mol. The lowest BCUT2D eigenvalue weighted by atomic mass is 9.95. The number of fused-ring (bicyclic) bond motifs is 10. The first kappa shape index (κ1) is 37.7. The molecule has 0 saturated heterocycles. The van der Waals surface area contributed by atoms with E-state index in [4.69, 9.17) is 9.97 Å². The van der Waals surface area contributed by atoms with Crippen LogP contribution >= 0.6 is 11.3 Å². The van der Waals surface area contributed by atoms with Crippen LogP contribution in [-0.4, -0.2) is 19.1 Å². The first-order valence-corrected chi connectivity index (χ1v) is 23.5. The number of hydrogen-bond donors (Lipinski definition) is 0. The molecule has 0 atom stereocenters. The van der Waals surface area contributed by atoms with Crippen LogP contribution in [0.15, 0.2) is 231 Å². The van der Waals surface area contributed by atoms with Gasteiger partial charge in [-0.25, -0.2) is 9.97 Å². The lowest BCUT2D eigenvalue weighted by molar-refractivity contribution is 1.01. The Hall–Kier alpha value is -8.64. The third-order valence-electron chi connectivity index (χ3n) is 13.5. The molecule has 4 heterocycles. The largest absolute Gasteiger partial charge is 0.309 e. The van der Waals surface area contributed by atoms with Crippen molar-refractivity contribution in [3.05, 3.63) is 231 Å². The maximum Gasteiger partial charge on any atom is 0.235 e. The van der Waals surface area contributed by atoms with E-state index >= 15 is 0 Å². The molecule has 0 bridgehead atoms. The third kappa shape index (κ3) is 5.99. The summed E-state index contributed by atoms with van der Waals surface area (Å²) in [4.78, 5) is 10.9. The van der Waals surface area contributed by atoms with E-state index in [2.05, 4.69) is 240 Å². The number of rotatable bonds is 6. The molecule has 0 aliphatic rings. The Morgan fingerprint density at radius 1 is 0.313 bits per heavy atom. The monoisotopic (exact) mass is 870 g/mol. The molecular formula is C62H38N4S. The summed E-state index contributed by atoms with van der Waals surface area (Å²) < 4.78 is 7.33. The van der Waals surface area contributed by atoms with Crippen LogP contribution in [0.2, 0.25) is 0 Å². The summed E-state index contributed by atoms with van der Waals surface area (Å²) >= 11 is 1.86. The molecule has 0 N–H and O–H groups in total. The molecule has 0 unspecified atom stereocenters. The van der Waals surface area contributed by atoms with Gasteiger partial charge in [0.05, 0.1) is 33.3 Å². The van der Waals surface area contributed by atoms with Crippen molar-refractivity contribution in [1.29, 1.82) is 0 Å². The van der Waals surface area contributed by atoms with Crippen LogP contribution in [0, 0.1) is 0 Å². The Balaban J connectivity index is 0.980. The first-order chi connectivity index (χ1) is 33.2. The van der Waals surface area contributed by atoms with Crippen molar-refractivity contribution < 1.29 is 0 Å². The van der Waals surface area contributed by atoms with Crippen LogP contribution in [0.5, 0.6) is 0 Å². The molecule has 14 rings (SSSR count). The highest BCUT2D eigenvalue weighted by Crippen LogP contribution is 2.42. The van der Waals surface area contributed by atoms with Crippen molar-refractivity contribution in [1.82, 2.24) is 19.1 Å². The van der Waals surface area contributed by atoms with Gasteiger partial charge in [-0.3, -0.25) is 4.57 Å². The predicted octanol–water partition coefficient (Wildman–Crippen LogP) is 16.9. The average Bonchev–Trinajstić information content (AvgIpc) is 4.06.